The lowest BCUT2D eigenvalue weighted by molar-refractivity contribution is -0.140. The van der Waals surface area contributed by atoms with Gasteiger partial charge in [0.1, 0.15) is 0 Å². The fraction of sp³-hybridized carbons (Fsp3) is 0.556. The second kappa shape index (κ2) is 6.35. The van der Waals surface area contributed by atoms with E-state index in [1.165, 1.54) is 12.1 Å². The van der Waals surface area contributed by atoms with Crippen LogP contribution in [0, 0.1) is 11.8 Å². The molecule has 2 aliphatic rings. The summed E-state index contributed by atoms with van der Waals surface area (Å²) in [4.78, 5) is 25.8. The van der Waals surface area contributed by atoms with Gasteiger partial charge in [-0.1, -0.05) is 18.2 Å². The van der Waals surface area contributed by atoms with E-state index in [0.717, 1.165) is 6.07 Å². The highest BCUT2D eigenvalue weighted by molar-refractivity contribution is 5.85. The van der Waals surface area contributed by atoms with Gasteiger partial charge in [0.15, 0.2) is 0 Å². The molecule has 1 aliphatic heterocycles. The van der Waals surface area contributed by atoms with Crippen LogP contribution in [0.15, 0.2) is 24.3 Å². The van der Waals surface area contributed by atoms with Crippen molar-refractivity contribution in [1.82, 2.24) is 4.90 Å². The average molecular weight is 354 g/mol. The van der Waals surface area contributed by atoms with Crippen LogP contribution in [0.1, 0.15) is 43.2 Å². The molecule has 1 aromatic rings. The molecule has 136 valence electrons. The van der Waals surface area contributed by atoms with E-state index in [-0.39, 0.29) is 30.0 Å². The Morgan fingerprint density at radius 2 is 1.88 bits per heavy atom. The minimum atomic E-state index is -4.43. The van der Waals surface area contributed by atoms with Gasteiger partial charge in [-0.3, -0.25) is 9.59 Å². The molecule has 1 aromatic carbocycles. The summed E-state index contributed by atoms with van der Waals surface area (Å²) in [5.74, 6) is -1.83. The summed E-state index contributed by atoms with van der Waals surface area (Å²) in [6.07, 6.45) is -2.69. The fourth-order valence-corrected chi connectivity index (χ4v) is 3.75. The van der Waals surface area contributed by atoms with Crippen LogP contribution in [0.3, 0.4) is 0 Å². The van der Waals surface area contributed by atoms with E-state index >= 15 is 0 Å². The maximum Gasteiger partial charge on any atom is 0.416 e. The van der Waals surface area contributed by atoms with E-state index in [1.807, 2.05) is 6.92 Å². The lowest BCUT2D eigenvalue weighted by Crippen LogP contribution is -2.49. The third-order valence-corrected chi connectivity index (χ3v) is 5.34. The van der Waals surface area contributed by atoms with Crippen LogP contribution in [-0.2, 0) is 15.8 Å². The monoisotopic (exact) mass is 354 g/mol. The largest absolute Gasteiger partial charge is 0.416 e. The number of carbonyl (C=O) groups is 2. The highest BCUT2D eigenvalue weighted by Gasteiger charge is 2.50. The molecule has 0 bridgehead atoms. The maximum atomic E-state index is 13.2. The normalized spacial score (nSPS) is 29.4. The minimum Gasteiger partial charge on any atom is -0.369 e. The zero-order valence-electron chi connectivity index (χ0n) is 13.9. The Morgan fingerprint density at radius 3 is 2.52 bits per heavy atom. The standard InChI is InChI=1S/C18H21F3N2O2/c1-10-6-7-11(16(22)24)9-23(10)17(25)14-8-13(14)12-4-2-3-5-15(12)18(19,20)21/h2-5,10-11,13-14H,6-9H2,1H3,(H2,22,24)/t10-,11+,13+,14-/m1/s1. The Balaban J connectivity index is 1.75. The molecule has 2 fully saturated rings. The maximum absolute atomic E-state index is 13.2. The molecular formula is C18H21F3N2O2. The van der Waals surface area contributed by atoms with Gasteiger partial charge >= 0.3 is 6.18 Å². The van der Waals surface area contributed by atoms with Crippen LogP contribution in [0.4, 0.5) is 13.2 Å². The van der Waals surface area contributed by atoms with Crippen LogP contribution < -0.4 is 5.73 Å². The number of alkyl halides is 3. The molecule has 25 heavy (non-hydrogen) atoms. The quantitative estimate of drug-likeness (QED) is 0.907. The van der Waals surface area contributed by atoms with E-state index < -0.39 is 29.5 Å². The molecule has 0 aromatic heterocycles. The van der Waals surface area contributed by atoms with E-state index in [0.29, 0.717) is 19.3 Å². The zero-order chi connectivity index (χ0) is 18.4. The van der Waals surface area contributed by atoms with E-state index in [9.17, 15) is 22.8 Å². The van der Waals surface area contributed by atoms with Gasteiger partial charge in [0.2, 0.25) is 11.8 Å². The van der Waals surface area contributed by atoms with Crippen LogP contribution in [0.5, 0.6) is 0 Å². The first kappa shape index (κ1) is 17.8. The van der Waals surface area contributed by atoms with E-state index in [4.69, 9.17) is 5.73 Å². The number of nitrogens with two attached hydrogens (primary N) is 1. The summed E-state index contributed by atoms with van der Waals surface area (Å²) in [6, 6.07) is 5.41. The van der Waals surface area contributed by atoms with Gasteiger partial charge < -0.3 is 10.6 Å². The Morgan fingerprint density at radius 1 is 1.20 bits per heavy atom. The zero-order valence-corrected chi connectivity index (χ0v) is 13.9. The number of hydrogen-bond acceptors (Lipinski definition) is 2. The molecule has 7 heteroatoms. The Labute approximate surface area is 144 Å². The molecule has 1 saturated carbocycles. The van der Waals surface area contributed by atoms with Crippen molar-refractivity contribution in [3.05, 3.63) is 35.4 Å². The number of amides is 2. The van der Waals surface area contributed by atoms with Crippen molar-refractivity contribution in [2.24, 2.45) is 17.6 Å². The van der Waals surface area contributed by atoms with Gasteiger partial charge in [-0.2, -0.15) is 13.2 Å². The highest BCUT2D eigenvalue weighted by Crippen LogP contribution is 2.52. The van der Waals surface area contributed by atoms with E-state index in [1.54, 1.807) is 11.0 Å². The lowest BCUT2D eigenvalue weighted by atomic mass is 9.92. The topological polar surface area (TPSA) is 63.4 Å². The van der Waals surface area contributed by atoms with Crippen LogP contribution >= 0.6 is 0 Å². The predicted octanol–water partition coefficient (Wildman–Crippen LogP) is 2.92. The average Bonchev–Trinajstić information content (AvgIpc) is 3.34. The van der Waals surface area contributed by atoms with Gasteiger partial charge in [-0.25, -0.2) is 0 Å². The van der Waals surface area contributed by atoms with Crippen molar-refractivity contribution in [3.8, 4) is 0 Å². The third kappa shape index (κ3) is 3.50. The molecular weight excluding hydrogens is 333 g/mol. The SMILES string of the molecule is C[C@@H]1CC[C@H](C(N)=O)CN1C(=O)[C@@H]1C[C@H]1c1ccccc1C(F)(F)F. The number of carbonyl (C=O) groups excluding carboxylic acids is 2. The molecule has 2 amide bonds. The lowest BCUT2D eigenvalue weighted by Gasteiger charge is -2.37. The first-order valence-electron chi connectivity index (χ1n) is 8.46. The summed E-state index contributed by atoms with van der Waals surface area (Å²) >= 11 is 0. The smallest absolute Gasteiger partial charge is 0.369 e. The number of benzene rings is 1. The summed E-state index contributed by atoms with van der Waals surface area (Å²) in [6.45, 7) is 2.16. The number of piperidine rings is 1. The molecule has 1 heterocycles. The van der Waals surface area contributed by atoms with Crippen molar-refractivity contribution < 1.29 is 22.8 Å². The molecule has 0 unspecified atom stereocenters. The van der Waals surface area contributed by atoms with Gasteiger partial charge in [0.05, 0.1) is 11.5 Å². The molecule has 0 spiro atoms. The molecule has 1 aliphatic carbocycles. The predicted molar refractivity (Wildman–Crippen MR) is 85.4 cm³/mol. The van der Waals surface area contributed by atoms with Crippen molar-refractivity contribution >= 4 is 11.8 Å². The van der Waals surface area contributed by atoms with Crippen LogP contribution in [0.2, 0.25) is 0 Å². The Hall–Kier alpha value is -2.05. The summed E-state index contributed by atoms with van der Waals surface area (Å²) < 4.78 is 39.5. The molecule has 3 rings (SSSR count). The summed E-state index contributed by atoms with van der Waals surface area (Å²) in [5, 5.41) is 0. The van der Waals surface area contributed by atoms with Crippen LogP contribution in [0.25, 0.3) is 0 Å². The highest BCUT2D eigenvalue weighted by atomic mass is 19.4. The van der Waals surface area contributed by atoms with Crippen LogP contribution in [-0.4, -0.2) is 29.3 Å². The van der Waals surface area contributed by atoms with Crippen molar-refractivity contribution in [1.29, 1.82) is 0 Å². The first-order valence-corrected chi connectivity index (χ1v) is 8.46. The molecule has 1 saturated heterocycles. The molecule has 4 atom stereocenters. The number of rotatable bonds is 3. The van der Waals surface area contributed by atoms with E-state index in [2.05, 4.69) is 0 Å². The van der Waals surface area contributed by atoms with Gasteiger partial charge in [-0.05, 0) is 43.7 Å². The number of nitrogens with zero attached hydrogens (tertiary/aromatic N) is 1. The van der Waals surface area contributed by atoms with Crippen molar-refractivity contribution in [2.75, 3.05) is 6.54 Å². The number of hydrogen-bond donors (Lipinski definition) is 1. The Kier molecular flexibility index (Phi) is 4.51. The fourth-order valence-electron chi connectivity index (χ4n) is 3.75. The number of primary amides is 1. The second-order valence-corrected chi connectivity index (χ2v) is 7.05. The Bertz CT molecular complexity index is 689. The van der Waals surface area contributed by atoms with Gasteiger partial charge in [0, 0.05) is 18.5 Å². The third-order valence-electron chi connectivity index (χ3n) is 5.34. The summed E-state index contributed by atoms with van der Waals surface area (Å²) in [5.41, 5.74) is 4.87. The van der Waals surface area contributed by atoms with Gasteiger partial charge in [-0.15, -0.1) is 0 Å². The molecule has 4 nitrogen and oxygen atoms in total. The minimum absolute atomic E-state index is 0.0257. The van der Waals surface area contributed by atoms with Gasteiger partial charge in [0.25, 0.3) is 0 Å². The number of halogens is 3. The summed E-state index contributed by atoms with van der Waals surface area (Å²) in [7, 11) is 0. The molecule has 0 radical (unpaired) electrons. The van der Waals surface area contributed by atoms with Crippen molar-refractivity contribution in [2.45, 2.75) is 44.3 Å². The first-order chi connectivity index (χ1) is 11.7. The second-order valence-electron chi connectivity index (χ2n) is 7.05. The molecule has 2 N–H and O–H groups in total. The number of likely N-dealkylation sites (tertiary alicyclic amines) is 1. The van der Waals surface area contributed by atoms with Crippen molar-refractivity contribution in [3.63, 3.8) is 0 Å².